The monoisotopic (exact) mass is 297 g/mol. The lowest BCUT2D eigenvalue weighted by atomic mass is 9.93. The molecule has 1 aliphatic rings. The van der Waals surface area contributed by atoms with E-state index in [0.717, 1.165) is 4.57 Å². The van der Waals surface area contributed by atoms with Crippen LogP contribution in [0.5, 0.6) is 0 Å². The van der Waals surface area contributed by atoms with Gasteiger partial charge >= 0.3 is 5.69 Å². The zero-order valence-electron chi connectivity index (χ0n) is 11.4. The van der Waals surface area contributed by atoms with Crippen molar-refractivity contribution in [1.82, 2.24) is 9.55 Å². The minimum Gasteiger partial charge on any atom is -0.394 e. The maximum atomic E-state index is 11.9. The van der Waals surface area contributed by atoms with Gasteiger partial charge in [0.15, 0.2) is 6.23 Å². The van der Waals surface area contributed by atoms with Gasteiger partial charge in [-0.3, -0.25) is 14.3 Å². The third-order valence-corrected chi connectivity index (χ3v) is 3.59. The van der Waals surface area contributed by atoms with Crippen LogP contribution < -0.4 is 11.2 Å². The molecule has 0 radical (unpaired) electrons. The lowest BCUT2D eigenvalue weighted by molar-refractivity contribution is -0.0487. The minimum atomic E-state index is -1.50. The van der Waals surface area contributed by atoms with Gasteiger partial charge < -0.3 is 14.9 Å². The number of aliphatic hydroxyl groups excluding tert-OH is 2. The van der Waals surface area contributed by atoms with E-state index < -0.39 is 41.8 Å². The summed E-state index contributed by atoms with van der Waals surface area (Å²) in [6.07, 6.45) is -2.21. The normalized spacial score (nSPS) is 31.9. The molecule has 10 nitrogen and oxygen atoms in total. The molecule has 0 spiro atoms. The molecule has 1 aromatic rings. The number of nitrogens with one attached hydrogen (secondary N) is 1. The molecule has 0 amide bonds. The quantitative estimate of drug-likeness (QED) is 0.377. The Bertz CT molecular complexity index is 706. The van der Waals surface area contributed by atoms with E-state index >= 15 is 0 Å². The Hall–Kier alpha value is -2.13. The smallest absolute Gasteiger partial charge is 0.330 e. The van der Waals surface area contributed by atoms with Crippen molar-refractivity contribution in [2.45, 2.75) is 37.8 Å². The number of aryl methyl sites for hydroxylation is 1. The van der Waals surface area contributed by atoms with E-state index in [4.69, 9.17) is 10.3 Å². The van der Waals surface area contributed by atoms with E-state index in [1.165, 1.54) is 20.0 Å². The Balaban J connectivity index is 2.61. The Morgan fingerprint density at radius 3 is 2.86 bits per heavy atom. The van der Waals surface area contributed by atoms with Gasteiger partial charge in [0.2, 0.25) is 0 Å². The topological polar surface area (TPSA) is 153 Å². The summed E-state index contributed by atoms with van der Waals surface area (Å²) in [6, 6.07) is 0. The SMILES string of the molecule is Cc1cn([C@@H]2O[C@H](CO)[C@@H](O)[C@@]2(C)N=[N+]=[N-])c(=O)[nH]c1=O. The zero-order valence-corrected chi connectivity index (χ0v) is 11.4. The van der Waals surface area contributed by atoms with Crippen molar-refractivity contribution < 1.29 is 14.9 Å². The third-order valence-electron chi connectivity index (χ3n) is 3.59. The van der Waals surface area contributed by atoms with Gasteiger partial charge in [-0.1, -0.05) is 5.11 Å². The summed E-state index contributed by atoms with van der Waals surface area (Å²) in [5.41, 5.74) is 6.13. The fraction of sp³-hybridized carbons (Fsp3) is 0.636. The molecule has 1 aromatic heterocycles. The first-order chi connectivity index (χ1) is 9.85. The van der Waals surface area contributed by atoms with E-state index in [1.54, 1.807) is 0 Å². The molecule has 10 heteroatoms. The summed E-state index contributed by atoms with van der Waals surface area (Å²) in [4.78, 5) is 28.1. The van der Waals surface area contributed by atoms with Crippen LogP contribution in [0.3, 0.4) is 0 Å². The molecule has 21 heavy (non-hydrogen) atoms. The lowest BCUT2D eigenvalue weighted by Gasteiger charge is -2.28. The van der Waals surface area contributed by atoms with Crippen molar-refractivity contribution in [3.8, 4) is 0 Å². The molecule has 2 rings (SSSR count). The highest BCUT2D eigenvalue weighted by atomic mass is 16.5. The molecule has 1 saturated heterocycles. The second-order valence-electron chi connectivity index (χ2n) is 5.05. The Morgan fingerprint density at radius 1 is 1.62 bits per heavy atom. The Kier molecular flexibility index (Phi) is 3.88. The number of aliphatic hydroxyl groups is 2. The third kappa shape index (κ3) is 2.34. The summed E-state index contributed by atoms with van der Waals surface area (Å²) < 4.78 is 6.46. The van der Waals surface area contributed by atoms with Gasteiger partial charge in [0.05, 0.1) is 12.7 Å². The molecule has 114 valence electrons. The second kappa shape index (κ2) is 5.34. The largest absolute Gasteiger partial charge is 0.394 e. The van der Waals surface area contributed by atoms with E-state index in [9.17, 15) is 19.8 Å². The molecule has 1 fully saturated rings. The highest BCUT2D eigenvalue weighted by Gasteiger charge is 2.54. The van der Waals surface area contributed by atoms with Crippen molar-refractivity contribution >= 4 is 0 Å². The molecule has 4 atom stereocenters. The molecule has 0 bridgehead atoms. The van der Waals surface area contributed by atoms with Gasteiger partial charge in [-0.15, -0.1) is 0 Å². The fourth-order valence-electron chi connectivity index (χ4n) is 2.36. The average Bonchev–Trinajstić information content (AvgIpc) is 2.67. The van der Waals surface area contributed by atoms with Crippen LogP contribution in [0.1, 0.15) is 18.7 Å². The predicted octanol–water partition coefficient (Wildman–Crippen LogP) is -0.835. The van der Waals surface area contributed by atoms with Gasteiger partial charge in [0.25, 0.3) is 5.56 Å². The standard InChI is InChI=1S/C11H15N5O5/c1-5-3-16(10(20)13-8(5)19)9-11(2,14-15-12)7(18)6(4-17)21-9/h3,6-7,9,17-18H,4H2,1-2H3,(H,13,19,20)/t6-,7-,9-,11-/m1/s1. The van der Waals surface area contributed by atoms with Crippen molar-refractivity contribution in [3.63, 3.8) is 0 Å². The minimum absolute atomic E-state index is 0.253. The molecule has 0 aliphatic carbocycles. The van der Waals surface area contributed by atoms with E-state index in [2.05, 4.69) is 15.0 Å². The van der Waals surface area contributed by atoms with Crippen LogP contribution in [-0.2, 0) is 4.74 Å². The molecular weight excluding hydrogens is 282 g/mol. The molecule has 0 aromatic carbocycles. The summed E-state index contributed by atoms with van der Waals surface area (Å²) in [7, 11) is 0. The zero-order chi connectivity index (χ0) is 15.8. The number of rotatable bonds is 3. The van der Waals surface area contributed by atoms with Crippen molar-refractivity contribution in [2.24, 2.45) is 5.11 Å². The Labute approximate surface area is 118 Å². The summed E-state index contributed by atoms with van der Waals surface area (Å²) in [5, 5.41) is 22.9. The number of azide groups is 1. The van der Waals surface area contributed by atoms with Gasteiger partial charge in [0.1, 0.15) is 11.6 Å². The van der Waals surface area contributed by atoms with Gasteiger partial charge in [-0.05, 0) is 19.4 Å². The van der Waals surface area contributed by atoms with Crippen LogP contribution in [0.2, 0.25) is 0 Å². The van der Waals surface area contributed by atoms with Gasteiger partial charge in [0, 0.05) is 16.7 Å². The summed E-state index contributed by atoms with van der Waals surface area (Å²) in [5.74, 6) is 0. The first-order valence-corrected chi connectivity index (χ1v) is 6.18. The van der Waals surface area contributed by atoms with Gasteiger partial charge in [-0.2, -0.15) is 0 Å². The van der Waals surface area contributed by atoms with Crippen molar-refractivity contribution in [1.29, 1.82) is 0 Å². The summed E-state index contributed by atoms with van der Waals surface area (Å²) >= 11 is 0. The molecular formula is C11H15N5O5. The number of hydrogen-bond acceptors (Lipinski definition) is 6. The predicted molar refractivity (Wildman–Crippen MR) is 70.6 cm³/mol. The first-order valence-electron chi connectivity index (χ1n) is 6.18. The Morgan fingerprint density at radius 2 is 2.29 bits per heavy atom. The van der Waals surface area contributed by atoms with Crippen molar-refractivity contribution in [3.05, 3.63) is 43.0 Å². The second-order valence-corrected chi connectivity index (χ2v) is 5.05. The van der Waals surface area contributed by atoms with E-state index in [0.29, 0.717) is 0 Å². The van der Waals surface area contributed by atoms with Gasteiger partial charge in [-0.25, -0.2) is 4.79 Å². The number of nitrogens with zero attached hydrogens (tertiary/aromatic N) is 4. The maximum absolute atomic E-state index is 11.9. The van der Waals surface area contributed by atoms with Crippen LogP contribution >= 0.6 is 0 Å². The molecule has 0 unspecified atom stereocenters. The fourth-order valence-corrected chi connectivity index (χ4v) is 2.36. The number of ether oxygens (including phenoxy) is 1. The first kappa shape index (κ1) is 15.3. The van der Waals surface area contributed by atoms with E-state index in [-0.39, 0.29) is 5.56 Å². The van der Waals surface area contributed by atoms with E-state index in [1.807, 2.05) is 0 Å². The molecule has 2 heterocycles. The van der Waals surface area contributed by atoms with Crippen LogP contribution in [0.4, 0.5) is 0 Å². The van der Waals surface area contributed by atoms with Crippen LogP contribution in [0.25, 0.3) is 10.4 Å². The molecule has 3 N–H and O–H groups in total. The number of H-pyrrole nitrogens is 1. The van der Waals surface area contributed by atoms with Crippen molar-refractivity contribution in [2.75, 3.05) is 6.61 Å². The number of aromatic amines is 1. The highest BCUT2D eigenvalue weighted by Crippen LogP contribution is 2.40. The molecule has 1 aliphatic heterocycles. The molecule has 0 saturated carbocycles. The van der Waals surface area contributed by atoms with Crippen LogP contribution in [0.15, 0.2) is 20.9 Å². The lowest BCUT2D eigenvalue weighted by Crippen LogP contribution is -2.45. The summed E-state index contributed by atoms with van der Waals surface area (Å²) in [6.45, 7) is 2.39. The number of hydrogen-bond donors (Lipinski definition) is 3. The number of aromatic nitrogens is 2. The van der Waals surface area contributed by atoms with Crippen LogP contribution in [-0.4, -0.2) is 44.1 Å². The van der Waals surface area contributed by atoms with Crippen LogP contribution in [0, 0.1) is 6.92 Å². The maximum Gasteiger partial charge on any atom is 0.330 e. The average molecular weight is 297 g/mol. The highest BCUT2D eigenvalue weighted by molar-refractivity contribution is 5.09.